The molecule has 17 heavy (non-hydrogen) atoms. The smallest absolute Gasteiger partial charge is 0.128 e. The second kappa shape index (κ2) is 6.91. The number of aldehydes is 1. The van der Waals surface area contributed by atoms with Crippen molar-refractivity contribution in [1.82, 2.24) is 0 Å². The van der Waals surface area contributed by atoms with Crippen molar-refractivity contribution in [2.75, 3.05) is 21.3 Å². The van der Waals surface area contributed by atoms with Crippen molar-refractivity contribution >= 4 is 6.29 Å². The molecule has 0 aliphatic rings. The summed E-state index contributed by atoms with van der Waals surface area (Å²) < 4.78 is 15.7. The van der Waals surface area contributed by atoms with Crippen molar-refractivity contribution in [2.45, 2.75) is 19.4 Å². The average Bonchev–Trinajstić information content (AvgIpc) is 2.36. The summed E-state index contributed by atoms with van der Waals surface area (Å²) in [7, 11) is 4.85. The fraction of sp³-hybridized carbons (Fsp3) is 0.462. The van der Waals surface area contributed by atoms with E-state index in [4.69, 9.17) is 14.2 Å². The molecule has 1 aromatic carbocycles. The van der Waals surface area contributed by atoms with Crippen LogP contribution in [-0.2, 0) is 22.6 Å². The molecule has 0 saturated heterocycles. The number of carbonyl (C=O) groups is 1. The van der Waals surface area contributed by atoms with Gasteiger partial charge in [-0.2, -0.15) is 0 Å². The van der Waals surface area contributed by atoms with Gasteiger partial charge in [0.1, 0.15) is 17.8 Å². The van der Waals surface area contributed by atoms with Gasteiger partial charge in [-0.15, -0.1) is 0 Å². The van der Waals surface area contributed by atoms with Crippen LogP contribution in [0.1, 0.15) is 17.5 Å². The molecule has 0 saturated carbocycles. The summed E-state index contributed by atoms with van der Waals surface area (Å²) in [5.74, 6) is 1.47. The molecular weight excluding hydrogens is 220 g/mol. The SMILES string of the molecule is COCc1cc(CCC=O)c(OC)cc1OC. The van der Waals surface area contributed by atoms with Gasteiger partial charge in [-0.05, 0) is 18.1 Å². The van der Waals surface area contributed by atoms with Crippen molar-refractivity contribution in [3.63, 3.8) is 0 Å². The van der Waals surface area contributed by atoms with Crippen LogP contribution in [0.15, 0.2) is 12.1 Å². The molecule has 0 N–H and O–H groups in total. The van der Waals surface area contributed by atoms with Gasteiger partial charge in [-0.1, -0.05) is 0 Å². The van der Waals surface area contributed by atoms with E-state index in [9.17, 15) is 4.79 Å². The highest BCUT2D eigenvalue weighted by Gasteiger charge is 2.10. The normalized spacial score (nSPS) is 10.1. The largest absolute Gasteiger partial charge is 0.496 e. The molecule has 0 unspecified atom stereocenters. The molecule has 0 amide bonds. The van der Waals surface area contributed by atoms with Gasteiger partial charge in [0.25, 0.3) is 0 Å². The van der Waals surface area contributed by atoms with E-state index in [0.29, 0.717) is 19.4 Å². The van der Waals surface area contributed by atoms with Gasteiger partial charge in [0.15, 0.2) is 0 Å². The van der Waals surface area contributed by atoms with Gasteiger partial charge in [-0.25, -0.2) is 0 Å². The first-order valence-electron chi connectivity index (χ1n) is 5.43. The summed E-state index contributed by atoms with van der Waals surface area (Å²) >= 11 is 0. The standard InChI is InChI=1S/C13H18O4/c1-15-9-11-7-10(5-4-6-14)12(16-2)8-13(11)17-3/h6-8H,4-5,9H2,1-3H3. The van der Waals surface area contributed by atoms with E-state index in [1.807, 2.05) is 12.1 Å². The quantitative estimate of drug-likeness (QED) is 0.681. The number of hydrogen-bond donors (Lipinski definition) is 0. The van der Waals surface area contributed by atoms with Gasteiger partial charge >= 0.3 is 0 Å². The number of carbonyl (C=O) groups excluding carboxylic acids is 1. The number of hydrogen-bond acceptors (Lipinski definition) is 4. The Bertz CT molecular complexity index is 374. The van der Waals surface area contributed by atoms with Crippen LogP contribution >= 0.6 is 0 Å². The highest BCUT2D eigenvalue weighted by molar-refractivity contribution is 5.52. The fourth-order valence-corrected chi connectivity index (χ4v) is 1.72. The zero-order chi connectivity index (χ0) is 12.7. The minimum Gasteiger partial charge on any atom is -0.496 e. The van der Waals surface area contributed by atoms with Gasteiger partial charge in [-0.3, -0.25) is 0 Å². The van der Waals surface area contributed by atoms with Crippen LogP contribution in [0.25, 0.3) is 0 Å². The van der Waals surface area contributed by atoms with Crippen LogP contribution < -0.4 is 9.47 Å². The van der Waals surface area contributed by atoms with E-state index in [1.54, 1.807) is 21.3 Å². The molecule has 0 bridgehead atoms. The number of aryl methyl sites for hydroxylation is 1. The van der Waals surface area contributed by atoms with Gasteiger partial charge in [0.05, 0.1) is 20.8 Å². The fourth-order valence-electron chi connectivity index (χ4n) is 1.72. The first-order valence-corrected chi connectivity index (χ1v) is 5.43. The zero-order valence-electron chi connectivity index (χ0n) is 10.5. The van der Waals surface area contributed by atoms with Gasteiger partial charge < -0.3 is 19.0 Å². The Morgan fingerprint density at radius 1 is 1.06 bits per heavy atom. The van der Waals surface area contributed by atoms with Crippen molar-refractivity contribution in [3.05, 3.63) is 23.3 Å². The Morgan fingerprint density at radius 2 is 1.71 bits per heavy atom. The third-order valence-corrected chi connectivity index (χ3v) is 2.51. The van der Waals surface area contributed by atoms with E-state index in [2.05, 4.69) is 0 Å². The lowest BCUT2D eigenvalue weighted by molar-refractivity contribution is -0.107. The van der Waals surface area contributed by atoms with E-state index in [0.717, 1.165) is 28.9 Å². The van der Waals surface area contributed by atoms with Gasteiger partial charge in [0.2, 0.25) is 0 Å². The van der Waals surface area contributed by atoms with E-state index in [-0.39, 0.29) is 0 Å². The molecule has 0 atom stereocenters. The van der Waals surface area contributed by atoms with E-state index in [1.165, 1.54) is 0 Å². The number of rotatable bonds is 7. The van der Waals surface area contributed by atoms with E-state index < -0.39 is 0 Å². The van der Waals surface area contributed by atoms with Crippen LogP contribution in [0.5, 0.6) is 11.5 Å². The van der Waals surface area contributed by atoms with Gasteiger partial charge in [0, 0.05) is 25.2 Å². The minimum absolute atomic E-state index is 0.473. The molecule has 1 aromatic rings. The number of benzene rings is 1. The Labute approximate surface area is 101 Å². The topological polar surface area (TPSA) is 44.8 Å². The number of methoxy groups -OCH3 is 3. The van der Waals surface area contributed by atoms with Crippen molar-refractivity contribution in [1.29, 1.82) is 0 Å². The van der Waals surface area contributed by atoms with E-state index >= 15 is 0 Å². The van der Waals surface area contributed by atoms with Crippen LogP contribution in [0.2, 0.25) is 0 Å². The second-order valence-corrected chi connectivity index (χ2v) is 3.61. The molecule has 4 heteroatoms. The summed E-state index contributed by atoms with van der Waals surface area (Å²) in [5.41, 5.74) is 1.95. The molecule has 0 fully saturated rings. The first kappa shape index (κ1) is 13.5. The van der Waals surface area contributed by atoms with Crippen molar-refractivity contribution in [3.8, 4) is 11.5 Å². The lowest BCUT2D eigenvalue weighted by atomic mass is 10.0. The van der Waals surface area contributed by atoms with Crippen LogP contribution in [0, 0.1) is 0 Å². The molecule has 0 spiro atoms. The summed E-state index contributed by atoms with van der Waals surface area (Å²) in [5, 5.41) is 0. The van der Waals surface area contributed by atoms with Crippen LogP contribution in [0.4, 0.5) is 0 Å². The minimum atomic E-state index is 0.473. The second-order valence-electron chi connectivity index (χ2n) is 3.61. The monoisotopic (exact) mass is 238 g/mol. The Kier molecular flexibility index (Phi) is 5.49. The maximum atomic E-state index is 10.4. The summed E-state index contributed by atoms with van der Waals surface area (Å²) in [6.45, 7) is 0.473. The maximum Gasteiger partial charge on any atom is 0.128 e. The average molecular weight is 238 g/mol. The molecule has 4 nitrogen and oxygen atoms in total. The summed E-state index contributed by atoms with van der Waals surface area (Å²) in [6.07, 6.45) is 2.04. The highest BCUT2D eigenvalue weighted by Crippen LogP contribution is 2.30. The molecule has 94 valence electrons. The zero-order valence-corrected chi connectivity index (χ0v) is 10.5. The van der Waals surface area contributed by atoms with Crippen LogP contribution in [0.3, 0.4) is 0 Å². The lowest BCUT2D eigenvalue weighted by Gasteiger charge is -2.14. The maximum absolute atomic E-state index is 10.4. The molecule has 0 aliphatic heterocycles. The highest BCUT2D eigenvalue weighted by atomic mass is 16.5. The van der Waals surface area contributed by atoms with Crippen molar-refractivity contribution < 1.29 is 19.0 Å². The Morgan fingerprint density at radius 3 is 2.24 bits per heavy atom. The summed E-state index contributed by atoms with van der Waals surface area (Å²) in [6, 6.07) is 3.79. The predicted octanol–water partition coefficient (Wildman–Crippen LogP) is 1.98. The molecule has 1 rings (SSSR count). The molecular formula is C13H18O4. The third kappa shape index (κ3) is 3.46. The molecule has 0 aromatic heterocycles. The first-order chi connectivity index (χ1) is 8.26. The van der Waals surface area contributed by atoms with Crippen molar-refractivity contribution in [2.24, 2.45) is 0 Å². The molecule has 0 radical (unpaired) electrons. The Hall–Kier alpha value is -1.55. The Balaban J connectivity index is 3.08. The lowest BCUT2D eigenvalue weighted by Crippen LogP contribution is -2.00. The van der Waals surface area contributed by atoms with Crippen LogP contribution in [-0.4, -0.2) is 27.6 Å². The molecule has 0 heterocycles. The predicted molar refractivity (Wildman–Crippen MR) is 64.6 cm³/mol. The summed E-state index contributed by atoms with van der Waals surface area (Å²) in [4.78, 5) is 10.4. The number of ether oxygens (including phenoxy) is 3. The third-order valence-electron chi connectivity index (χ3n) is 2.51. The molecule has 0 aliphatic carbocycles.